The van der Waals surface area contributed by atoms with Crippen molar-refractivity contribution in [3.63, 3.8) is 0 Å². The molecule has 0 spiro atoms. The van der Waals surface area contributed by atoms with Crippen LogP contribution >= 0.6 is 23.4 Å². The molecule has 0 unspecified atom stereocenters. The topological polar surface area (TPSA) is 78.1 Å². The lowest BCUT2D eigenvalue weighted by Gasteiger charge is -2.20. The van der Waals surface area contributed by atoms with Crippen molar-refractivity contribution in [3.05, 3.63) is 69.8 Å². The van der Waals surface area contributed by atoms with E-state index in [4.69, 9.17) is 21.7 Å². The van der Waals surface area contributed by atoms with Crippen molar-refractivity contribution < 1.29 is 9.53 Å². The molecule has 2 aliphatic heterocycles. The molecule has 1 amide bonds. The third-order valence-corrected chi connectivity index (χ3v) is 5.59. The third kappa shape index (κ3) is 3.97. The maximum Gasteiger partial charge on any atom is 0.283 e. The number of nitrogens with one attached hydrogen (secondary N) is 1. The van der Waals surface area contributed by atoms with Gasteiger partial charge in [-0.1, -0.05) is 41.9 Å². The molecule has 0 aromatic heterocycles. The number of aryl methyl sites for hydroxylation is 1. The first-order chi connectivity index (χ1) is 13.9. The number of aliphatic imine (C=N–C) groups is 1. The predicted octanol–water partition coefficient (Wildman–Crippen LogP) is 4.87. The molecule has 0 saturated heterocycles. The summed E-state index contributed by atoms with van der Waals surface area (Å²) >= 11 is 7.65. The molecule has 0 aliphatic carbocycles. The van der Waals surface area contributed by atoms with Crippen LogP contribution in [0.5, 0.6) is 5.75 Å². The number of rotatable bonds is 4. The first kappa shape index (κ1) is 19.4. The van der Waals surface area contributed by atoms with Gasteiger partial charge in [0, 0.05) is 0 Å². The van der Waals surface area contributed by atoms with Crippen LogP contribution in [0.1, 0.15) is 23.6 Å². The van der Waals surface area contributed by atoms with Crippen molar-refractivity contribution in [2.45, 2.75) is 20.5 Å². The Kier molecular flexibility index (Phi) is 5.25. The molecule has 0 fully saturated rings. The van der Waals surface area contributed by atoms with E-state index >= 15 is 0 Å². The first-order valence-electron chi connectivity index (χ1n) is 8.86. The lowest BCUT2D eigenvalue weighted by Crippen LogP contribution is -2.35. The molecular weight excluding hydrogens is 408 g/mol. The zero-order chi connectivity index (χ0) is 20.5. The zero-order valence-corrected chi connectivity index (χ0v) is 17.3. The molecule has 0 bridgehead atoms. The molecule has 1 N–H and O–H groups in total. The maximum absolute atomic E-state index is 12.4. The van der Waals surface area contributed by atoms with E-state index in [0.717, 1.165) is 16.2 Å². The highest BCUT2D eigenvalue weighted by Crippen LogP contribution is 2.30. The second-order valence-electron chi connectivity index (χ2n) is 6.54. The lowest BCUT2D eigenvalue weighted by molar-refractivity contribution is -0.114. The van der Waals surface area contributed by atoms with Crippen molar-refractivity contribution in [3.8, 4) is 5.75 Å². The van der Waals surface area contributed by atoms with E-state index in [2.05, 4.69) is 10.1 Å². The van der Waals surface area contributed by atoms with Gasteiger partial charge in [-0.15, -0.1) is 0 Å². The van der Waals surface area contributed by atoms with E-state index in [1.807, 2.05) is 38.1 Å². The van der Waals surface area contributed by atoms with Gasteiger partial charge in [0.15, 0.2) is 5.84 Å². The second-order valence-corrected chi connectivity index (χ2v) is 8.11. The number of thioether (sulfide) groups is 1. The summed E-state index contributed by atoms with van der Waals surface area (Å²) in [4.78, 5) is 16.4. The van der Waals surface area contributed by atoms with Crippen molar-refractivity contribution in [2.75, 3.05) is 0 Å². The number of carbonyl (C=O) groups excluding carboxylic acids is 1. The number of amides is 1. The molecule has 2 heterocycles. The van der Waals surface area contributed by atoms with E-state index < -0.39 is 5.91 Å². The van der Waals surface area contributed by atoms with Gasteiger partial charge in [0.25, 0.3) is 5.91 Å². The summed E-state index contributed by atoms with van der Waals surface area (Å²) in [5.74, 6) is 0.0913. The fourth-order valence-corrected chi connectivity index (χ4v) is 3.88. The number of benzene rings is 2. The minimum atomic E-state index is -0.463. The third-order valence-electron chi connectivity index (χ3n) is 4.47. The Hall–Kier alpha value is -2.90. The zero-order valence-electron chi connectivity index (χ0n) is 15.8. The number of halogens is 1. The molecule has 6 nitrogen and oxygen atoms in total. The normalized spacial score (nSPS) is 17.3. The van der Waals surface area contributed by atoms with Crippen molar-refractivity contribution in [1.29, 1.82) is 5.41 Å². The maximum atomic E-state index is 12.4. The highest BCUT2D eigenvalue weighted by molar-refractivity contribution is 8.26. The Morgan fingerprint density at radius 1 is 1.24 bits per heavy atom. The van der Waals surface area contributed by atoms with Crippen LogP contribution in [0.25, 0.3) is 6.08 Å². The Morgan fingerprint density at radius 3 is 2.79 bits per heavy atom. The quantitative estimate of drug-likeness (QED) is 0.710. The largest absolute Gasteiger partial charge is 0.487 e. The van der Waals surface area contributed by atoms with Crippen LogP contribution in [0.2, 0.25) is 5.02 Å². The monoisotopic (exact) mass is 424 g/mol. The van der Waals surface area contributed by atoms with Gasteiger partial charge in [0.05, 0.1) is 15.6 Å². The Labute approximate surface area is 177 Å². The van der Waals surface area contributed by atoms with Gasteiger partial charge in [-0.25, -0.2) is 0 Å². The number of fused-ring (bicyclic) bond motifs is 1. The molecule has 146 valence electrons. The Morgan fingerprint density at radius 2 is 2.03 bits per heavy atom. The van der Waals surface area contributed by atoms with Crippen molar-refractivity contribution in [1.82, 2.24) is 5.01 Å². The summed E-state index contributed by atoms with van der Waals surface area (Å²) in [5, 5.41) is 15.5. The second kappa shape index (κ2) is 7.85. The Balaban J connectivity index is 1.54. The molecule has 0 radical (unpaired) electrons. The number of ether oxygens (including phenoxy) is 1. The van der Waals surface area contributed by atoms with Crippen LogP contribution < -0.4 is 4.74 Å². The molecule has 0 atom stereocenters. The van der Waals surface area contributed by atoms with Gasteiger partial charge in [-0.2, -0.15) is 15.1 Å². The molecule has 2 aromatic carbocycles. The van der Waals surface area contributed by atoms with E-state index in [9.17, 15) is 4.79 Å². The smallest absolute Gasteiger partial charge is 0.283 e. The number of carbonyl (C=O) groups is 1. The summed E-state index contributed by atoms with van der Waals surface area (Å²) in [6.07, 6.45) is 1.59. The van der Waals surface area contributed by atoms with E-state index in [0.29, 0.717) is 28.1 Å². The summed E-state index contributed by atoms with van der Waals surface area (Å²) in [7, 11) is 0. The van der Waals surface area contributed by atoms with Crippen LogP contribution in [-0.2, 0) is 11.4 Å². The number of hydrogen-bond acceptors (Lipinski definition) is 5. The van der Waals surface area contributed by atoms with Gasteiger partial charge in [0.1, 0.15) is 12.4 Å². The van der Waals surface area contributed by atoms with Gasteiger partial charge >= 0.3 is 0 Å². The molecule has 2 aromatic rings. The summed E-state index contributed by atoms with van der Waals surface area (Å²) in [6, 6.07) is 13.2. The number of hydrazone groups is 1. The van der Waals surface area contributed by atoms with Gasteiger partial charge in [0.2, 0.25) is 5.17 Å². The number of hydrogen-bond donors (Lipinski definition) is 1. The van der Waals surface area contributed by atoms with Gasteiger partial charge in [-0.3, -0.25) is 10.2 Å². The summed E-state index contributed by atoms with van der Waals surface area (Å²) in [5.41, 5.74) is 3.08. The standard InChI is InChI=1S/C21H17ClN4O2S/c1-12-5-3-4-6-15(12)11-28-18-8-7-14(10-17(18)22)9-16-19(23)26-21(24-20(16)27)29-13(2)25-26/h3-10,23H,11H2,1-2H3. The highest BCUT2D eigenvalue weighted by atomic mass is 35.5. The minimum absolute atomic E-state index is 0.000326. The van der Waals surface area contributed by atoms with Gasteiger partial charge in [-0.05, 0) is 60.5 Å². The van der Waals surface area contributed by atoms with E-state index in [1.165, 1.54) is 16.8 Å². The van der Waals surface area contributed by atoms with E-state index in [1.54, 1.807) is 24.3 Å². The molecule has 0 saturated carbocycles. The molecule has 29 heavy (non-hydrogen) atoms. The van der Waals surface area contributed by atoms with Crippen molar-refractivity contribution >= 4 is 51.4 Å². The van der Waals surface area contributed by atoms with Crippen LogP contribution in [0.3, 0.4) is 0 Å². The Bertz CT molecular complexity index is 1120. The number of nitrogens with zero attached hydrogens (tertiary/aromatic N) is 3. The molecule has 8 heteroatoms. The van der Waals surface area contributed by atoms with Crippen LogP contribution in [0.15, 0.2) is 58.1 Å². The molecule has 4 rings (SSSR count). The summed E-state index contributed by atoms with van der Waals surface area (Å²) in [6.45, 7) is 4.25. The fourth-order valence-electron chi connectivity index (χ4n) is 2.91. The first-order valence-corrected chi connectivity index (χ1v) is 10.1. The minimum Gasteiger partial charge on any atom is -0.487 e. The van der Waals surface area contributed by atoms with Crippen LogP contribution in [0.4, 0.5) is 0 Å². The van der Waals surface area contributed by atoms with Crippen LogP contribution in [0, 0.1) is 12.3 Å². The predicted molar refractivity (Wildman–Crippen MR) is 118 cm³/mol. The van der Waals surface area contributed by atoms with Crippen LogP contribution in [-0.4, -0.2) is 27.0 Å². The average Bonchev–Trinajstić information content (AvgIpc) is 3.06. The highest BCUT2D eigenvalue weighted by Gasteiger charge is 2.34. The van der Waals surface area contributed by atoms with E-state index in [-0.39, 0.29) is 11.4 Å². The fraction of sp³-hybridized carbons (Fsp3) is 0.143. The lowest BCUT2D eigenvalue weighted by atomic mass is 10.1. The number of amidine groups is 2. The molecule has 2 aliphatic rings. The summed E-state index contributed by atoms with van der Waals surface area (Å²) < 4.78 is 5.85. The SMILES string of the molecule is CC1=NN2C(=N)C(=Cc3ccc(OCc4ccccc4C)c(Cl)c3)C(=O)N=C2S1. The van der Waals surface area contributed by atoms with Crippen molar-refractivity contribution in [2.24, 2.45) is 10.1 Å². The average molecular weight is 425 g/mol. The molecular formula is C21H17ClN4O2S. The van der Waals surface area contributed by atoms with Gasteiger partial charge < -0.3 is 4.74 Å².